The molecule has 1 aromatic carbocycles. The highest BCUT2D eigenvalue weighted by molar-refractivity contribution is 5.93. The third-order valence-electron chi connectivity index (χ3n) is 1.96. The molecule has 0 heterocycles. The first-order valence-corrected chi connectivity index (χ1v) is 4.40. The summed E-state index contributed by atoms with van der Waals surface area (Å²) in [6.07, 6.45) is 1.30. The maximum atomic E-state index is 11.8. The first kappa shape index (κ1) is 9.90. The smallest absolute Gasteiger partial charge is 0.159 e. The Morgan fingerprint density at radius 2 is 1.92 bits per heavy atom. The van der Waals surface area contributed by atoms with E-state index in [4.69, 9.17) is 0 Å². The Morgan fingerprint density at radius 1 is 1.31 bits per heavy atom. The van der Waals surface area contributed by atoms with Crippen LogP contribution in [0.3, 0.4) is 0 Å². The lowest BCUT2D eigenvalue weighted by Gasteiger charge is -1.99. The molecule has 0 spiro atoms. The van der Waals surface area contributed by atoms with Crippen LogP contribution >= 0.6 is 0 Å². The second-order valence-electron chi connectivity index (χ2n) is 3.05. The van der Waals surface area contributed by atoms with Gasteiger partial charge in [0.15, 0.2) is 5.78 Å². The topological polar surface area (TPSA) is 17.1 Å². The van der Waals surface area contributed by atoms with Gasteiger partial charge in [-0.1, -0.05) is 24.3 Å². The van der Waals surface area contributed by atoms with E-state index in [0.29, 0.717) is 12.0 Å². The van der Waals surface area contributed by atoms with Crippen molar-refractivity contribution in [3.05, 3.63) is 35.4 Å². The number of rotatable bonds is 4. The Bertz CT molecular complexity index is 277. The molecule has 0 aliphatic rings. The summed E-state index contributed by atoms with van der Waals surface area (Å²) in [5, 5.41) is 0. The predicted molar refractivity (Wildman–Crippen MR) is 50.7 cm³/mol. The summed E-state index contributed by atoms with van der Waals surface area (Å²) < 4.78 is 11.8. The van der Waals surface area contributed by atoms with Gasteiger partial charge in [-0.2, -0.15) is 0 Å². The maximum absolute atomic E-state index is 11.8. The van der Waals surface area contributed by atoms with E-state index in [1.165, 1.54) is 6.92 Å². The van der Waals surface area contributed by atoms with Crippen molar-refractivity contribution in [1.82, 2.24) is 0 Å². The molecule has 1 rings (SSSR count). The fourth-order valence-corrected chi connectivity index (χ4v) is 1.18. The molecule has 0 bridgehead atoms. The van der Waals surface area contributed by atoms with Crippen LogP contribution in [-0.4, -0.2) is 12.5 Å². The first-order chi connectivity index (χ1) is 6.24. The number of aryl methyl sites for hydroxylation is 1. The van der Waals surface area contributed by atoms with E-state index in [1.807, 2.05) is 12.1 Å². The number of halogens is 1. The van der Waals surface area contributed by atoms with Crippen molar-refractivity contribution in [2.75, 3.05) is 6.67 Å². The van der Waals surface area contributed by atoms with Crippen LogP contribution in [0, 0.1) is 0 Å². The van der Waals surface area contributed by atoms with Gasteiger partial charge in [-0.05, 0) is 25.3 Å². The van der Waals surface area contributed by atoms with Gasteiger partial charge in [0.05, 0.1) is 6.67 Å². The van der Waals surface area contributed by atoms with E-state index in [2.05, 4.69) is 0 Å². The standard InChI is InChI=1S/C11H13FO/c1-9(13)11-6-4-10(5-7-11)3-2-8-12/h4-7H,2-3,8H2,1H3. The molecule has 2 heteroatoms. The van der Waals surface area contributed by atoms with E-state index in [-0.39, 0.29) is 12.5 Å². The minimum atomic E-state index is -0.283. The van der Waals surface area contributed by atoms with Crippen molar-refractivity contribution in [3.63, 3.8) is 0 Å². The number of benzene rings is 1. The van der Waals surface area contributed by atoms with Crippen LogP contribution in [0.25, 0.3) is 0 Å². The predicted octanol–water partition coefficient (Wildman–Crippen LogP) is 2.79. The van der Waals surface area contributed by atoms with Crippen molar-refractivity contribution in [1.29, 1.82) is 0 Å². The Labute approximate surface area is 77.6 Å². The van der Waals surface area contributed by atoms with Crippen LogP contribution in [0.2, 0.25) is 0 Å². The number of alkyl halides is 1. The normalized spacial score (nSPS) is 10.0. The summed E-state index contributed by atoms with van der Waals surface area (Å²) >= 11 is 0. The molecule has 0 N–H and O–H groups in total. The van der Waals surface area contributed by atoms with Gasteiger partial charge in [-0.25, -0.2) is 0 Å². The van der Waals surface area contributed by atoms with E-state index in [0.717, 1.165) is 12.0 Å². The molecule has 0 saturated heterocycles. The van der Waals surface area contributed by atoms with Crippen LogP contribution in [0.1, 0.15) is 29.3 Å². The van der Waals surface area contributed by atoms with Gasteiger partial charge in [0.1, 0.15) is 0 Å². The molecule has 0 amide bonds. The highest BCUT2D eigenvalue weighted by Crippen LogP contribution is 2.07. The summed E-state index contributed by atoms with van der Waals surface area (Å²) in [5.41, 5.74) is 1.80. The minimum absolute atomic E-state index is 0.0667. The Morgan fingerprint density at radius 3 is 2.38 bits per heavy atom. The van der Waals surface area contributed by atoms with Crippen molar-refractivity contribution >= 4 is 5.78 Å². The fraction of sp³-hybridized carbons (Fsp3) is 0.364. The number of carbonyl (C=O) groups excluding carboxylic acids is 1. The van der Waals surface area contributed by atoms with Gasteiger partial charge in [0, 0.05) is 5.56 Å². The van der Waals surface area contributed by atoms with E-state index < -0.39 is 0 Å². The van der Waals surface area contributed by atoms with Crippen LogP contribution in [-0.2, 0) is 6.42 Å². The minimum Gasteiger partial charge on any atom is -0.295 e. The van der Waals surface area contributed by atoms with Gasteiger partial charge in [-0.15, -0.1) is 0 Å². The van der Waals surface area contributed by atoms with Crippen LogP contribution in [0.4, 0.5) is 4.39 Å². The summed E-state index contributed by atoms with van der Waals surface area (Å²) in [5.74, 6) is 0.0667. The summed E-state index contributed by atoms with van der Waals surface area (Å²) in [7, 11) is 0. The SMILES string of the molecule is CC(=O)c1ccc(CCCF)cc1. The molecule has 0 fully saturated rings. The largest absolute Gasteiger partial charge is 0.295 e. The monoisotopic (exact) mass is 180 g/mol. The molecule has 0 aliphatic heterocycles. The summed E-state index contributed by atoms with van der Waals surface area (Å²) in [6.45, 7) is 1.25. The quantitative estimate of drug-likeness (QED) is 0.651. The molecule has 70 valence electrons. The molecule has 0 radical (unpaired) electrons. The van der Waals surface area contributed by atoms with Gasteiger partial charge in [-0.3, -0.25) is 9.18 Å². The Kier molecular flexibility index (Phi) is 3.62. The number of hydrogen-bond acceptors (Lipinski definition) is 1. The average molecular weight is 180 g/mol. The van der Waals surface area contributed by atoms with Crippen molar-refractivity contribution in [2.45, 2.75) is 19.8 Å². The molecule has 0 unspecified atom stereocenters. The molecule has 0 aliphatic carbocycles. The molecular formula is C11H13FO. The zero-order valence-corrected chi connectivity index (χ0v) is 7.72. The fourth-order valence-electron chi connectivity index (χ4n) is 1.18. The third kappa shape index (κ3) is 2.98. The van der Waals surface area contributed by atoms with Crippen LogP contribution in [0.15, 0.2) is 24.3 Å². The van der Waals surface area contributed by atoms with E-state index >= 15 is 0 Å². The summed E-state index contributed by atoms with van der Waals surface area (Å²) in [6, 6.07) is 7.34. The molecule has 1 aromatic rings. The first-order valence-electron chi connectivity index (χ1n) is 4.40. The number of carbonyl (C=O) groups is 1. The molecule has 1 nitrogen and oxygen atoms in total. The zero-order valence-electron chi connectivity index (χ0n) is 7.72. The Balaban J connectivity index is 2.64. The molecule has 0 aromatic heterocycles. The third-order valence-corrected chi connectivity index (χ3v) is 1.96. The lowest BCUT2D eigenvalue weighted by Crippen LogP contribution is -1.92. The van der Waals surface area contributed by atoms with Crippen LogP contribution < -0.4 is 0 Å². The lowest BCUT2D eigenvalue weighted by atomic mass is 10.1. The number of ketones is 1. The van der Waals surface area contributed by atoms with Crippen molar-refractivity contribution < 1.29 is 9.18 Å². The molecule has 13 heavy (non-hydrogen) atoms. The maximum Gasteiger partial charge on any atom is 0.159 e. The lowest BCUT2D eigenvalue weighted by molar-refractivity contribution is 0.101. The van der Waals surface area contributed by atoms with Gasteiger partial charge in [0.2, 0.25) is 0 Å². The van der Waals surface area contributed by atoms with Crippen LogP contribution in [0.5, 0.6) is 0 Å². The van der Waals surface area contributed by atoms with Gasteiger partial charge < -0.3 is 0 Å². The summed E-state index contributed by atoms with van der Waals surface area (Å²) in [4.78, 5) is 10.9. The second-order valence-corrected chi connectivity index (χ2v) is 3.05. The number of hydrogen-bond donors (Lipinski definition) is 0. The van der Waals surface area contributed by atoms with Crippen molar-refractivity contribution in [3.8, 4) is 0 Å². The van der Waals surface area contributed by atoms with E-state index in [1.54, 1.807) is 12.1 Å². The van der Waals surface area contributed by atoms with E-state index in [9.17, 15) is 9.18 Å². The zero-order chi connectivity index (χ0) is 9.68. The second kappa shape index (κ2) is 4.75. The molecule has 0 saturated carbocycles. The molecule has 0 atom stereocenters. The number of Topliss-reactive ketones (excluding diaryl/α,β-unsaturated/α-hetero) is 1. The van der Waals surface area contributed by atoms with Crippen molar-refractivity contribution in [2.24, 2.45) is 0 Å². The van der Waals surface area contributed by atoms with Gasteiger partial charge in [0.25, 0.3) is 0 Å². The van der Waals surface area contributed by atoms with Gasteiger partial charge >= 0.3 is 0 Å². The highest BCUT2D eigenvalue weighted by Gasteiger charge is 1.98. The average Bonchev–Trinajstić information content (AvgIpc) is 2.15. The molecular weight excluding hydrogens is 167 g/mol. The highest BCUT2D eigenvalue weighted by atomic mass is 19.1. The Hall–Kier alpha value is -1.18.